The van der Waals surface area contributed by atoms with Crippen LogP contribution in [0.5, 0.6) is 5.75 Å². The Kier molecular flexibility index (Phi) is 6.79. The van der Waals surface area contributed by atoms with Gasteiger partial charge in [0, 0.05) is 12.2 Å². The van der Waals surface area contributed by atoms with Crippen LogP contribution in [0.15, 0.2) is 67.1 Å². The second kappa shape index (κ2) is 9.68. The molecule has 6 nitrogen and oxygen atoms in total. The number of imide groups is 1. The van der Waals surface area contributed by atoms with Gasteiger partial charge in [-0.2, -0.15) is 0 Å². The van der Waals surface area contributed by atoms with E-state index in [0.717, 1.165) is 16.9 Å². The topological polar surface area (TPSA) is 64.4 Å². The molecule has 0 N–H and O–H groups in total. The third-order valence-electron chi connectivity index (χ3n) is 4.66. The first-order chi connectivity index (χ1) is 14.1. The van der Waals surface area contributed by atoms with Crippen LogP contribution < -0.4 is 4.74 Å². The zero-order chi connectivity index (χ0) is 20.6. The molecule has 0 spiro atoms. The minimum Gasteiger partial charge on any atom is -0.492 e. The molecule has 1 atom stereocenters. The van der Waals surface area contributed by atoms with Gasteiger partial charge >= 0.3 is 0 Å². The second-order valence-corrected chi connectivity index (χ2v) is 7.02. The SMILES string of the molecule is Cc1cccc(OCCn2cnc(C(=O)N(C=O)C(C)Cc3ccccc3)c2)c1. The van der Waals surface area contributed by atoms with Crippen molar-refractivity contribution in [3.8, 4) is 5.75 Å². The number of nitrogens with zero attached hydrogens (tertiary/aromatic N) is 3. The van der Waals surface area contributed by atoms with Crippen molar-refractivity contribution in [2.75, 3.05) is 6.61 Å². The summed E-state index contributed by atoms with van der Waals surface area (Å²) in [7, 11) is 0. The number of aryl methyl sites for hydroxylation is 1. The molecule has 0 aliphatic heterocycles. The van der Waals surface area contributed by atoms with Gasteiger partial charge in [0.2, 0.25) is 6.41 Å². The summed E-state index contributed by atoms with van der Waals surface area (Å²) in [6.07, 6.45) is 4.40. The van der Waals surface area contributed by atoms with Crippen molar-refractivity contribution in [3.63, 3.8) is 0 Å². The van der Waals surface area contributed by atoms with Crippen molar-refractivity contribution in [2.45, 2.75) is 32.9 Å². The van der Waals surface area contributed by atoms with Crippen molar-refractivity contribution < 1.29 is 14.3 Å². The first kappa shape index (κ1) is 20.3. The molecule has 6 heteroatoms. The summed E-state index contributed by atoms with van der Waals surface area (Å²) in [4.78, 5) is 29.7. The summed E-state index contributed by atoms with van der Waals surface area (Å²) in [6.45, 7) is 4.87. The third kappa shape index (κ3) is 5.54. The van der Waals surface area contributed by atoms with E-state index < -0.39 is 5.91 Å². The lowest BCUT2D eigenvalue weighted by molar-refractivity contribution is -0.117. The Hall–Kier alpha value is -3.41. The number of benzene rings is 2. The summed E-state index contributed by atoms with van der Waals surface area (Å²) < 4.78 is 7.52. The van der Waals surface area contributed by atoms with Gasteiger partial charge in [0.05, 0.1) is 12.9 Å². The fourth-order valence-electron chi connectivity index (χ4n) is 3.10. The average molecular weight is 391 g/mol. The van der Waals surface area contributed by atoms with Gasteiger partial charge in [-0.3, -0.25) is 14.5 Å². The molecular formula is C23H25N3O3. The zero-order valence-electron chi connectivity index (χ0n) is 16.7. The first-order valence-corrected chi connectivity index (χ1v) is 9.60. The van der Waals surface area contributed by atoms with Crippen molar-refractivity contribution in [1.82, 2.24) is 14.5 Å². The Morgan fingerprint density at radius 1 is 1.21 bits per heavy atom. The molecule has 0 bridgehead atoms. The van der Waals surface area contributed by atoms with Crippen molar-refractivity contribution in [1.29, 1.82) is 0 Å². The van der Waals surface area contributed by atoms with Gasteiger partial charge in [0.1, 0.15) is 18.1 Å². The fourth-order valence-corrected chi connectivity index (χ4v) is 3.10. The number of hydrogen-bond acceptors (Lipinski definition) is 4. The molecule has 0 aliphatic carbocycles. The molecular weight excluding hydrogens is 366 g/mol. The maximum absolute atomic E-state index is 12.7. The lowest BCUT2D eigenvalue weighted by Crippen LogP contribution is -2.39. The summed E-state index contributed by atoms with van der Waals surface area (Å²) in [6, 6.07) is 17.3. The van der Waals surface area contributed by atoms with Gasteiger partial charge in [-0.25, -0.2) is 4.98 Å². The van der Waals surface area contributed by atoms with Crippen LogP contribution in [0.3, 0.4) is 0 Å². The van der Waals surface area contributed by atoms with Crippen molar-refractivity contribution in [3.05, 3.63) is 83.9 Å². The molecule has 29 heavy (non-hydrogen) atoms. The fraction of sp³-hybridized carbons (Fsp3) is 0.261. The van der Waals surface area contributed by atoms with Crippen molar-refractivity contribution >= 4 is 12.3 Å². The van der Waals surface area contributed by atoms with Crippen LogP contribution in [0, 0.1) is 6.92 Å². The van der Waals surface area contributed by atoms with Crippen molar-refractivity contribution in [2.24, 2.45) is 0 Å². The number of aromatic nitrogens is 2. The van der Waals surface area contributed by atoms with E-state index in [0.29, 0.717) is 26.0 Å². The molecule has 1 aromatic heterocycles. The van der Waals surface area contributed by atoms with Gasteiger partial charge in [0.25, 0.3) is 5.91 Å². The highest BCUT2D eigenvalue weighted by Gasteiger charge is 2.23. The van der Waals surface area contributed by atoms with Gasteiger partial charge in [-0.15, -0.1) is 0 Å². The normalized spacial score (nSPS) is 11.7. The van der Waals surface area contributed by atoms with E-state index in [2.05, 4.69) is 4.98 Å². The van der Waals surface area contributed by atoms with Crippen LogP contribution >= 0.6 is 0 Å². The van der Waals surface area contributed by atoms with Gasteiger partial charge < -0.3 is 9.30 Å². The largest absolute Gasteiger partial charge is 0.492 e. The Bertz CT molecular complexity index is 953. The Morgan fingerprint density at radius 2 is 2.00 bits per heavy atom. The maximum atomic E-state index is 12.7. The molecule has 0 saturated heterocycles. The van der Waals surface area contributed by atoms with E-state index in [1.54, 1.807) is 17.1 Å². The standard InChI is InChI=1S/C23H25N3O3/c1-18-7-6-10-21(13-18)29-12-11-25-15-22(24-16-25)23(28)26(17-27)19(2)14-20-8-4-3-5-9-20/h3-10,13,15-17,19H,11-12,14H2,1-2H3. The molecule has 0 fully saturated rings. The summed E-state index contributed by atoms with van der Waals surface area (Å²) in [5.74, 6) is 0.407. The summed E-state index contributed by atoms with van der Waals surface area (Å²) in [5, 5.41) is 0. The third-order valence-corrected chi connectivity index (χ3v) is 4.66. The molecule has 1 unspecified atom stereocenters. The van der Waals surface area contributed by atoms with E-state index in [4.69, 9.17) is 4.74 Å². The van der Waals surface area contributed by atoms with Crippen LogP contribution in [0.4, 0.5) is 0 Å². The average Bonchev–Trinajstić information content (AvgIpc) is 3.18. The highest BCUT2D eigenvalue weighted by atomic mass is 16.5. The molecule has 0 radical (unpaired) electrons. The molecule has 0 aliphatic rings. The highest BCUT2D eigenvalue weighted by Crippen LogP contribution is 2.13. The minimum absolute atomic E-state index is 0.243. The van der Waals surface area contributed by atoms with E-state index in [1.807, 2.05) is 68.4 Å². The van der Waals surface area contributed by atoms with Crippen LogP contribution in [-0.4, -0.2) is 39.4 Å². The predicted octanol–water partition coefficient (Wildman–Crippen LogP) is 3.50. The Labute approximate surface area is 170 Å². The second-order valence-electron chi connectivity index (χ2n) is 7.02. The quantitative estimate of drug-likeness (QED) is 0.524. The number of amides is 2. The summed E-state index contributed by atoms with van der Waals surface area (Å²) in [5.41, 5.74) is 2.45. The van der Waals surface area contributed by atoms with Crippen LogP contribution in [-0.2, 0) is 17.8 Å². The number of hydrogen-bond donors (Lipinski definition) is 0. The molecule has 2 amide bonds. The predicted molar refractivity (Wildman–Crippen MR) is 111 cm³/mol. The monoisotopic (exact) mass is 391 g/mol. The van der Waals surface area contributed by atoms with Crippen LogP contribution in [0.2, 0.25) is 0 Å². The van der Waals surface area contributed by atoms with Gasteiger partial charge in [0.15, 0.2) is 0 Å². The van der Waals surface area contributed by atoms with Gasteiger partial charge in [-0.05, 0) is 43.5 Å². The van der Waals surface area contributed by atoms with Crippen LogP contribution in [0.25, 0.3) is 0 Å². The van der Waals surface area contributed by atoms with E-state index in [9.17, 15) is 9.59 Å². The highest BCUT2D eigenvalue weighted by molar-refractivity contribution is 5.98. The Balaban J connectivity index is 1.57. The van der Waals surface area contributed by atoms with E-state index in [-0.39, 0.29) is 11.7 Å². The molecule has 2 aromatic carbocycles. The zero-order valence-corrected chi connectivity index (χ0v) is 16.7. The van der Waals surface area contributed by atoms with E-state index >= 15 is 0 Å². The van der Waals surface area contributed by atoms with E-state index in [1.165, 1.54) is 4.90 Å². The maximum Gasteiger partial charge on any atom is 0.280 e. The Morgan fingerprint density at radius 3 is 2.72 bits per heavy atom. The molecule has 0 saturated carbocycles. The lowest BCUT2D eigenvalue weighted by atomic mass is 10.1. The first-order valence-electron chi connectivity index (χ1n) is 9.60. The number of rotatable bonds is 9. The lowest BCUT2D eigenvalue weighted by Gasteiger charge is -2.22. The molecule has 3 aromatic rings. The minimum atomic E-state index is -0.401. The molecule has 3 rings (SSSR count). The summed E-state index contributed by atoms with van der Waals surface area (Å²) >= 11 is 0. The number of imidazole rings is 1. The number of ether oxygens (including phenoxy) is 1. The molecule has 1 heterocycles. The number of carbonyl (C=O) groups is 2. The van der Waals surface area contributed by atoms with Crippen LogP contribution in [0.1, 0.15) is 28.5 Å². The number of carbonyl (C=O) groups excluding carboxylic acids is 2. The molecule has 150 valence electrons. The smallest absolute Gasteiger partial charge is 0.280 e. The van der Waals surface area contributed by atoms with Gasteiger partial charge in [-0.1, -0.05) is 42.5 Å².